The van der Waals surface area contributed by atoms with Crippen LogP contribution < -0.4 is 5.32 Å². The average molecular weight is 353 g/mol. The van der Waals surface area contributed by atoms with E-state index in [4.69, 9.17) is 4.74 Å². The first-order valence-corrected chi connectivity index (χ1v) is 9.08. The summed E-state index contributed by atoms with van der Waals surface area (Å²) in [6.45, 7) is 3.28. The first kappa shape index (κ1) is 17.1. The highest BCUT2D eigenvalue weighted by atomic mass is 16.5. The number of nitrogens with one attached hydrogen (secondary N) is 1. The molecule has 0 aliphatic carbocycles. The van der Waals surface area contributed by atoms with Crippen LogP contribution >= 0.6 is 0 Å². The number of likely N-dealkylation sites (tertiary alicyclic amines) is 1. The number of hydrogen-bond donors (Lipinski definition) is 1. The Morgan fingerprint density at radius 2 is 2.23 bits per heavy atom. The topological polar surface area (TPSA) is 80.2 Å². The predicted octanol–water partition coefficient (Wildman–Crippen LogP) is 1.74. The minimum atomic E-state index is -0.145. The van der Waals surface area contributed by atoms with Gasteiger partial charge in [0.15, 0.2) is 5.82 Å². The van der Waals surface area contributed by atoms with Crippen molar-refractivity contribution in [3.8, 4) is 0 Å². The second-order valence-corrected chi connectivity index (χ2v) is 6.99. The van der Waals surface area contributed by atoms with E-state index in [-0.39, 0.29) is 17.9 Å². The molecule has 4 rings (SSSR count). The second-order valence-electron chi connectivity index (χ2n) is 6.99. The van der Waals surface area contributed by atoms with Gasteiger partial charge in [-0.25, -0.2) is 4.98 Å². The molecule has 7 heteroatoms. The third kappa shape index (κ3) is 4.05. The minimum absolute atomic E-state index is 0.0363. The summed E-state index contributed by atoms with van der Waals surface area (Å²) in [7, 11) is 0. The Labute approximate surface area is 152 Å². The summed E-state index contributed by atoms with van der Waals surface area (Å²) in [6, 6.07) is 6.01. The maximum atomic E-state index is 12.5. The van der Waals surface area contributed by atoms with Crippen LogP contribution in [0.15, 0.2) is 43.0 Å². The predicted molar refractivity (Wildman–Crippen MR) is 96.1 cm³/mol. The molecule has 3 atom stereocenters. The molecule has 2 aromatic heterocycles. The van der Waals surface area contributed by atoms with Crippen molar-refractivity contribution in [2.75, 3.05) is 25.0 Å². The fraction of sp³-hybridized carbons (Fsp3) is 0.474. The van der Waals surface area contributed by atoms with Crippen LogP contribution in [0.3, 0.4) is 0 Å². The molecule has 4 heterocycles. The number of carbonyl (C=O) groups is 1. The van der Waals surface area contributed by atoms with E-state index >= 15 is 0 Å². The Hall–Kier alpha value is -2.38. The number of aromatic nitrogens is 3. The van der Waals surface area contributed by atoms with Crippen LogP contribution in [0.5, 0.6) is 0 Å². The first-order chi connectivity index (χ1) is 12.8. The van der Waals surface area contributed by atoms with E-state index in [1.165, 1.54) is 0 Å². The molecule has 0 bridgehead atoms. The van der Waals surface area contributed by atoms with Gasteiger partial charge in [-0.2, -0.15) is 0 Å². The Kier molecular flexibility index (Phi) is 5.17. The fourth-order valence-electron chi connectivity index (χ4n) is 3.84. The molecular weight excluding hydrogens is 330 g/mol. The molecule has 7 nitrogen and oxygen atoms in total. The zero-order chi connectivity index (χ0) is 17.8. The monoisotopic (exact) mass is 353 g/mol. The van der Waals surface area contributed by atoms with Crippen LogP contribution in [-0.2, 0) is 16.1 Å². The normalized spacial score (nSPS) is 26.1. The highest BCUT2D eigenvalue weighted by Gasteiger charge is 2.38. The molecule has 1 amide bonds. The van der Waals surface area contributed by atoms with Crippen LogP contribution in [-0.4, -0.2) is 51.6 Å². The van der Waals surface area contributed by atoms with Gasteiger partial charge in [-0.3, -0.25) is 19.7 Å². The molecule has 26 heavy (non-hydrogen) atoms. The van der Waals surface area contributed by atoms with Crippen molar-refractivity contribution in [1.82, 2.24) is 19.9 Å². The molecule has 0 saturated carbocycles. The molecule has 0 aromatic carbocycles. The fourth-order valence-corrected chi connectivity index (χ4v) is 3.84. The number of pyridine rings is 1. The summed E-state index contributed by atoms with van der Waals surface area (Å²) in [4.78, 5) is 27.4. The van der Waals surface area contributed by atoms with Gasteiger partial charge in [0.25, 0.3) is 0 Å². The van der Waals surface area contributed by atoms with Crippen LogP contribution in [0.2, 0.25) is 0 Å². The molecule has 2 fully saturated rings. The molecule has 2 aliphatic rings. The third-order valence-electron chi connectivity index (χ3n) is 5.14. The van der Waals surface area contributed by atoms with Crippen LogP contribution in [0.1, 0.15) is 18.5 Å². The number of ether oxygens (including phenoxy) is 1. The van der Waals surface area contributed by atoms with Crippen molar-refractivity contribution >= 4 is 11.7 Å². The number of amides is 1. The maximum absolute atomic E-state index is 12.5. The molecule has 2 saturated heterocycles. The summed E-state index contributed by atoms with van der Waals surface area (Å²) in [5, 5.41) is 2.84. The van der Waals surface area contributed by atoms with E-state index in [1.54, 1.807) is 18.6 Å². The lowest BCUT2D eigenvalue weighted by Gasteiger charge is -2.43. The van der Waals surface area contributed by atoms with Gasteiger partial charge in [-0.15, -0.1) is 0 Å². The number of piperidine rings is 1. The van der Waals surface area contributed by atoms with Crippen molar-refractivity contribution < 1.29 is 9.53 Å². The number of hydrogen-bond acceptors (Lipinski definition) is 6. The summed E-state index contributed by atoms with van der Waals surface area (Å²) >= 11 is 0. The van der Waals surface area contributed by atoms with Gasteiger partial charge in [-0.1, -0.05) is 6.07 Å². The zero-order valence-corrected chi connectivity index (χ0v) is 14.6. The van der Waals surface area contributed by atoms with Crippen molar-refractivity contribution in [2.24, 2.45) is 11.8 Å². The van der Waals surface area contributed by atoms with E-state index in [0.29, 0.717) is 18.3 Å². The van der Waals surface area contributed by atoms with Crippen molar-refractivity contribution in [1.29, 1.82) is 0 Å². The van der Waals surface area contributed by atoms with Gasteiger partial charge in [0.2, 0.25) is 5.91 Å². The molecule has 0 radical (unpaired) electrons. The number of rotatable bonds is 4. The summed E-state index contributed by atoms with van der Waals surface area (Å²) in [5.74, 6) is 0.678. The quantitative estimate of drug-likeness (QED) is 0.902. The average Bonchev–Trinajstić information content (AvgIpc) is 2.69. The van der Waals surface area contributed by atoms with Crippen LogP contribution in [0.4, 0.5) is 5.82 Å². The first-order valence-electron chi connectivity index (χ1n) is 9.08. The highest BCUT2D eigenvalue weighted by Crippen LogP contribution is 2.32. The van der Waals surface area contributed by atoms with E-state index in [0.717, 1.165) is 38.2 Å². The molecule has 136 valence electrons. The van der Waals surface area contributed by atoms with Gasteiger partial charge in [0.1, 0.15) is 0 Å². The van der Waals surface area contributed by atoms with Crippen LogP contribution in [0.25, 0.3) is 0 Å². The summed E-state index contributed by atoms with van der Waals surface area (Å²) in [5.41, 5.74) is 1.08. The molecule has 0 unspecified atom stereocenters. The third-order valence-corrected chi connectivity index (χ3v) is 5.14. The molecular formula is C19H23N5O2. The summed E-state index contributed by atoms with van der Waals surface area (Å²) in [6.07, 6.45) is 8.65. The number of anilines is 1. The Morgan fingerprint density at radius 3 is 3.04 bits per heavy atom. The molecule has 2 aromatic rings. The van der Waals surface area contributed by atoms with Gasteiger partial charge < -0.3 is 10.1 Å². The van der Waals surface area contributed by atoms with Crippen molar-refractivity contribution in [3.05, 3.63) is 48.7 Å². The SMILES string of the molecule is O=C(Nc1cnccn1)[C@@H]1CO[C@@H]2CCN(Cc3ccccn3)C[C@@H]2C1. The van der Waals surface area contributed by atoms with E-state index in [1.807, 2.05) is 18.3 Å². The van der Waals surface area contributed by atoms with Crippen LogP contribution in [0, 0.1) is 11.8 Å². The standard InChI is InChI=1S/C19H23N5O2/c25-19(23-18-10-20-6-7-22-18)15-9-14-11-24(8-4-17(14)26-13-15)12-16-3-1-2-5-21-16/h1-3,5-7,10,14-15,17H,4,8-9,11-13H2,(H,22,23,25)/t14-,15-,17+/m0/s1. The number of carbonyl (C=O) groups excluding carboxylic acids is 1. The van der Waals surface area contributed by atoms with Gasteiger partial charge >= 0.3 is 0 Å². The van der Waals surface area contributed by atoms with E-state index < -0.39 is 0 Å². The molecule has 1 N–H and O–H groups in total. The minimum Gasteiger partial charge on any atom is -0.377 e. The molecule has 2 aliphatic heterocycles. The maximum Gasteiger partial charge on any atom is 0.231 e. The van der Waals surface area contributed by atoms with Crippen molar-refractivity contribution in [2.45, 2.75) is 25.5 Å². The largest absolute Gasteiger partial charge is 0.377 e. The Morgan fingerprint density at radius 1 is 1.27 bits per heavy atom. The highest BCUT2D eigenvalue weighted by molar-refractivity contribution is 5.91. The smallest absolute Gasteiger partial charge is 0.231 e. The number of fused-ring (bicyclic) bond motifs is 1. The van der Waals surface area contributed by atoms with Gasteiger partial charge in [-0.05, 0) is 30.9 Å². The Balaban J connectivity index is 1.34. The van der Waals surface area contributed by atoms with Gasteiger partial charge in [0, 0.05) is 38.2 Å². The second kappa shape index (κ2) is 7.88. The zero-order valence-electron chi connectivity index (χ0n) is 14.6. The lowest BCUT2D eigenvalue weighted by Crippen LogP contribution is -2.49. The lowest BCUT2D eigenvalue weighted by atomic mass is 9.83. The van der Waals surface area contributed by atoms with Crippen molar-refractivity contribution in [3.63, 3.8) is 0 Å². The van der Waals surface area contributed by atoms with Gasteiger partial charge in [0.05, 0.1) is 30.5 Å². The lowest BCUT2D eigenvalue weighted by molar-refractivity contribution is -0.134. The number of nitrogens with zero attached hydrogens (tertiary/aromatic N) is 4. The Bertz CT molecular complexity index is 727. The summed E-state index contributed by atoms with van der Waals surface area (Å²) < 4.78 is 6.01. The molecule has 0 spiro atoms. The van der Waals surface area contributed by atoms with E-state index in [2.05, 4.69) is 31.2 Å². The van der Waals surface area contributed by atoms with E-state index in [9.17, 15) is 4.79 Å².